The molecule has 7 heteroatoms. The number of para-hydroxylation sites is 1. The number of carbonyl (C=O) groups excluding carboxylic acids is 2. The standard InChI is InChI=1S/C19H22N4O3/c1-14(24)23-17-5-3-2-4-15(17)12-18(23)19(25)22-9-7-21(8-10-22)13-16-6-11-26-20-16/h2-6,11,18H,7-10,12-13H2,1H3/t18-/m0/s1. The van der Waals surface area contributed by atoms with Crippen LogP contribution in [0.15, 0.2) is 41.1 Å². The molecular formula is C19H22N4O3. The van der Waals surface area contributed by atoms with Gasteiger partial charge in [0.1, 0.15) is 12.3 Å². The summed E-state index contributed by atoms with van der Waals surface area (Å²) < 4.78 is 4.87. The minimum Gasteiger partial charge on any atom is -0.364 e. The van der Waals surface area contributed by atoms with Gasteiger partial charge < -0.3 is 9.42 Å². The van der Waals surface area contributed by atoms with Crippen LogP contribution in [0.2, 0.25) is 0 Å². The van der Waals surface area contributed by atoms with Crippen LogP contribution >= 0.6 is 0 Å². The van der Waals surface area contributed by atoms with Crippen molar-refractivity contribution in [1.82, 2.24) is 15.0 Å². The van der Waals surface area contributed by atoms with Gasteiger partial charge in [0.25, 0.3) is 0 Å². The quantitative estimate of drug-likeness (QED) is 0.831. The number of hydrogen-bond donors (Lipinski definition) is 0. The van der Waals surface area contributed by atoms with E-state index in [2.05, 4.69) is 10.1 Å². The lowest BCUT2D eigenvalue weighted by molar-refractivity contribution is -0.135. The van der Waals surface area contributed by atoms with Crippen molar-refractivity contribution < 1.29 is 14.1 Å². The third-order valence-electron chi connectivity index (χ3n) is 5.16. The Hall–Kier alpha value is -2.67. The van der Waals surface area contributed by atoms with Crippen LogP contribution in [0, 0.1) is 0 Å². The average Bonchev–Trinajstić information content (AvgIpc) is 3.29. The Kier molecular flexibility index (Phi) is 4.46. The highest BCUT2D eigenvalue weighted by Crippen LogP contribution is 2.33. The molecule has 1 aromatic carbocycles. The molecule has 26 heavy (non-hydrogen) atoms. The minimum absolute atomic E-state index is 0.0393. The van der Waals surface area contributed by atoms with E-state index in [1.165, 1.54) is 6.92 Å². The second-order valence-corrected chi connectivity index (χ2v) is 6.83. The van der Waals surface area contributed by atoms with E-state index in [1.807, 2.05) is 35.2 Å². The number of rotatable bonds is 3. The Labute approximate surface area is 152 Å². The predicted molar refractivity (Wildman–Crippen MR) is 95.5 cm³/mol. The molecule has 3 heterocycles. The molecule has 4 rings (SSSR count). The van der Waals surface area contributed by atoms with Gasteiger partial charge in [-0.2, -0.15) is 0 Å². The molecule has 0 spiro atoms. The molecule has 2 amide bonds. The number of amides is 2. The van der Waals surface area contributed by atoms with Crippen LogP contribution in [-0.2, 0) is 22.6 Å². The highest BCUT2D eigenvalue weighted by Gasteiger charge is 2.39. The molecule has 1 aromatic heterocycles. The fraction of sp³-hybridized carbons (Fsp3) is 0.421. The van der Waals surface area contributed by atoms with Crippen molar-refractivity contribution in [3.63, 3.8) is 0 Å². The molecule has 136 valence electrons. The van der Waals surface area contributed by atoms with Crippen molar-refractivity contribution >= 4 is 17.5 Å². The summed E-state index contributed by atoms with van der Waals surface area (Å²) in [5.74, 6) is -0.0459. The molecule has 0 aliphatic carbocycles. The summed E-state index contributed by atoms with van der Waals surface area (Å²) in [6.07, 6.45) is 2.16. The first-order valence-corrected chi connectivity index (χ1v) is 8.91. The molecule has 0 bridgehead atoms. The molecule has 0 radical (unpaired) electrons. The topological polar surface area (TPSA) is 69.9 Å². The van der Waals surface area contributed by atoms with E-state index in [9.17, 15) is 9.59 Å². The molecule has 2 aromatic rings. The number of carbonyl (C=O) groups is 2. The summed E-state index contributed by atoms with van der Waals surface area (Å²) in [5.41, 5.74) is 2.83. The molecule has 2 aliphatic heterocycles. The van der Waals surface area contributed by atoms with Crippen LogP contribution in [0.4, 0.5) is 5.69 Å². The Morgan fingerprint density at radius 1 is 1.15 bits per heavy atom. The lowest BCUT2D eigenvalue weighted by atomic mass is 10.1. The van der Waals surface area contributed by atoms with E-state index < -0.39 is 6.04 Å². The van der Waals surface area contributed by atoms with Gasteiger partial charge in [-0.1, -0.05) is 23.4 Å². The maximum Gasteiger partial charge on any atom is 0.246 e. The van der Waals surface area contributed by atoms with E-state index in [0.29, 0.717) is 19.5 Å². The Balaban J connectivity index is 1.41. The zero-order valence-corrected chi connectivity index (χ0v) is 14.8. The Morgan fingerprint density at radius 3 is 2.62 bits per heavy atom. The molecule has 7 nitrogen and oxygen atoms in total. The molecule has 0 unspecified atom stereocenters. The number of fused-ring (bicyclic) bond motifs is 1. The summed E-state index contributed by atoms with van der Waals surface area (Å²) in [6.45, 7) is 5.16. The zero-order chi connectivity index (χ0) is 18.1. The number of hydrogen-bond acceptors (Lipinski definition) is 5. The van der Waals surface area contributed by atoms with Crippen LogP contribution < -0.4 is 4.90 Å². The number of piperazine rings is 1. The predicted octanol–water partition coefficient (Wildman–Crippen LogP) is 1.30. The van der Waals surface area contributed by atoms with Gasteiger partial charge in [-0.25, -0.2) is 0 Å². The fourth-order valence-electron chi connectivity index (χ4n) is 3.86. The SMILES string of the molecule is CC(=O)N1c2ccccc2C[C@H]1C(=O)N1CCN(Cc2ccon2)CC1. The molecule has 1 fully saturated rings. The first-order valence-electron chi connectivity index (χ1n) is 8.91. The van der Waals surface area contributed by atoms with E-state index in [1.54, 1.807) is 11.2 Å². The maximum absolute atomic E-state index is 13.1. The average molecular weight is 354 g/mol. The smallest absolute Gasteiger partial charge is 0.246 e. The number of anilines is 1. The highest BCUT2D eigenvalue weighted by atomic mass is 16.5. The molecule has 0 N–H and O–H groups in total. The molecule has 2 aliphatic rings. The van der Waals surface area contributed by atoms with Crippen LogP contribution in [0.3, 0.4) is 0 Å². The first kappa shape index (κ1) is 16.8. The number of nitrogens with zero attached hydrogens (tertiary/aromatic N) is 4. The van der Waals surface area contributed by atoms with Crippen molar-refractivity contribution in [1.29, 1.82) is 0 Å². The van der Waals surface area contributed by atoms with Crippen molar-refractivity contribution in [3.05, 3.63) is 47.9 Å². The number of benzene rings is 1. The Morgan fingerprint density at radius 2 is 1.92 bits per heavy atom. The van der Waals surface area contributed by atoms with Gasteiger partial charge in [0.05, 0.1) is 5.69 Å². The van der Waals surface area contributed by atoms with Crippen molar-refractivity contribution in [2.24, 2.45) is 0 Å². The van der Waals surface area contributed by atoms with Gasteiger partial charge in [-0.15, -0.1) is 0 Å². The largest absolute Gasteiger partial charge is 0.364 e. The summed E-state index contributed by atoms with van der Waals surface area (Å²) in [6, 6.07) is 9.20. The minimum atomic E-state index is -0.424. The van der Waals surface area contributed by atoms with Gasteiger partial charge >= 0.3 is 0 Å². The van der Waals surface area contributed by atoms with Gasteiger partial charge in [-0.3, -0.25) is 19.4 Å². The lowest BCUT2D eigenvalue weighted by Gasteiger charge is -2.37. The van der Waals surface area contributed by atoms with E-state index in [0.717, 1.165) is 36.6 Å². The van der Waals surface area contributed by atoms with Crippen LogP contribution in [0.25, 0.3) is 0 Å². The summed E-state index contributed by atoms with van der Waals surface area (Å²) in [5, 5.41) is 3.94. The monoisotopic (exact) mass is 354 g/mol. The molecule has 1 atom stereocenters. The Bertz CT molecular complexity index is 797. The van der Waals surface area contributed by atoms with Crippen LogP contribution in [-0.4, -0.2) is 59.0 Å². The van der Waals surface area contributed by atoms with Gasteiger partial charge in [0, 0.05) is 57.8 Å². The summed E-state index contributed by atoms with van der Waals surface area (Å²) >= 11 is 0. The third kappa shape index (κ3) is 3.10. The van der Waals surface area contributed by atoms with Crippen LogP contribution in [0.1, 0.15) is 18.2 Å². The molecular weight excluding hydrogens is 332 g/mol. The van der Waals surface area contributed by atoms with E-state index in [4.69, 9.17) is 4.52 Å². The van der Waals surface area contributed by atoms with Crippen molar-refractivity contribution in [3.8, 4) is 0 Å². The lowest BCUT2D eigenvalue weighted by Crippen LogP contribution is -2.55. The zero-order valence-electron chi connectivity index (χ0n) is 14.8. The summed E-state index contributed by atoms with van der Waals surface area (Å²) in [7, 11) is 0. The van der Waals surface area contributed by atoms with Gasteiger partial charge in [0.15, 0.2) is 0 Å². The molecule has 1 saturated heterocycles. The highest BCUT2D eigenvalue weighted by molar-refractivity contribution is 6.02. The first-order chi connectivity index (χ1) is 12.6. The van der Waals surface area contributed by atoms with E-state index >= 15 is 0 Å². The van der Waals surface area contributed by atoms with Gasteiger partial charge in [-0.05, 0) is 11.6 Å². The fourth-order valence-corrected chi connectivity index (χ4v) is 3.86. The third-order valence-corrected chi connectivity index (χ3v) is 5.16. The van der Waals surface area contributed by atoms with E-state index in [-0.39, 0.29) is 11.8 Å². The van der Waals surface area contributed by atoms with Gasteiger partial charge in [0.2, 0.25) is 11.8 Å². The molecule has 0 saturated carbocycles. The normalized spacial score (nSPS) is 20.3. The second kappa shape index (κ2) is 6.92. The second-order valence-electron chi connectivity index (χ2n) is 6.83. The van der Waals surface area contributed by atoms with Crippen molar-refractivity contribution in [2.45, 2.75) is 25.9 Å². The summed E-state index contributed by atoms with van der Waals surface area (Å²) in [4.78, 5) is 31.1. The van der Waals surface area contributed by atoms with Crippen LogP contribution in [0.5, 0.6) is 0 Å². The van der Waals surface area contributed by atoms with Crippen molar-refractivity contribution in [2.75, 3.05) is 31.1 Å². The maximum atomic E-state index is 13.1. The number of aromatic nitrogens is 1.